The minimum Gasteiger partial charge on any atom is -0.493 e. The number of amides is 3. The Labute approximate surface area is 121 Å². The van der Waals surface area contributed by atoms with Crippen LogP contribution in [0.1, 0.15) is 24.2 Å². The number of rotatable bonds is 5. The predicted molar refractivity (Wildman–Crippen MR) is 74.6 cm³/mol. The Morgan fingerprint density at radius 3 is 2.57 bits per heavy atom. The standard InChI is InChI=1S/C13H17N3O5/c1-3-20-9-6-4-5-8(14)10(9)12(18)21-7(2)11(17)16-13(15)19/h4-7H,3,14H2,1-2H3,(H3,15,16,17,19). The van der Waals surface area contributed by atoms with Gasteiger partial charge in [-0.25, -0.2) is 9.59 Å². The lowest BCUT2D eigenvalue weighted by atomic mass is 10.1. The largest absolute Gasteiger partial charge is 0.493 e. The van der Waals surface area contributed by atoms with Gasteiger partial charge in [-0.2, -0.15) is 0 Å². The number of hydrogen-bond donors (Lipinski definition) is 3. The fraction of sp³-hybridized carbons (Fsp3) is 0.308. The van der Waals surface area contributed by atoms with Crippen molar-refractivity contribution in [2.75, 3.05) is 12.3 Å². The average Bonchev–Trinajstić information content (AvgIpc) is 2.38. The summed E-state index contributed by atoms with van der Waals surface area (Å²) in [7, 11) is 0. The summed E-state index contributed by atoms with van der Waals surface area (Å²) < 4.78 is 10.2. The molecule has 21 heavy (non-hydrogen) atoms. The van der Waals surface area contributed by atoms with Crippen LogP contribution in [0.4, 0.5) is 10.5 Å². The topological polar surface area (TPSA) is 134 Å². The molecule has 0 heterocycles. The van der Waals surface area contributed by atoms with Crippen LogP contribution in [0, 0.1) is 0 Å². The van der Waals surface area contributed by atoms with Gasteiger partial charge >= 0.3 is 12.0 Å². The van der Waals surface area contributed by atoms with Gasteiger partial charge in [0.25, 0.3) is 5.91 Å². The van der Waals surface area contributed by atoms with E-state index in [1.54, 1.807) is 19.1 Å². The number of nitrogens with two attached hydrogens (primary N) is 2. The molecule has 1 aromatic rings. The van der Waals surface area contributed by atoms with Crippen LogP contribution in [0.2, 0.25) is 0 Å². The Morgan fingerprint density at radius 2 is 2.00 bits per heavy atom. The summed E-state index contributed by atoms with van der Waals surface area (Å²) in [5.74, 6) is -1.41. The zero-order valence-corrected chi connectivity index (χ0v) is 11.7. The van der Waals surface area contributed by atoms with Crippen LogP contribution in [-0.4, -0.2) is 30.6 Å². The van der Waals surface area contributed by atoms with E-state index >= 15 is 0 Å². The number of primary amides is 1. The Bertz CT molecular complexity index is 559. The lowest BCUT2D eigenvalue weighted by Gasteiger charge is -2.15. The fourth-order valence-corrected chi connectivity index (χ4v) is 1.54. The van der Waals surface area contributed by atoms with Crippen LogP contribution in [0.3, 0.4) is 0 Å². The summed E-state index contributed by atoms with van der Waals surface area (Å²) in [6, 6.07) is 3.66. The summed E-state index contributed by atoms with van der Waals surface area (Å²) >= 11 is 0. The van der Waals surface area contributed by atoms with Crippen molar-refractivity contribution in [3.63, 3.8) is 0 Å². The van der Waals surface area contributed by atoms with Gasteiger partial charge in [-0.15, -0.1) is 0 Å². The summed E-state index contributed by atoms with van der Waals surface area (Å²) in [4.78, 5) is 34.1. The Balaban J connectivity index is 2.89. The van der Waals surface area contributed by atoms with Crippen molar-refractivity contribution in [2.24, 2.45) is 5.73 Å². The van der Waals surface area contributed by atoms with Gasteiger partial charge in [0.05, 0.1) is 6.61 Å². The minimum absolute atomic E-state index is 0.0260. The number of imide groups is 1. The van der Waals surface area contributed by atoms with Crippen LogP contribution in [0.15, 0.2) is 18.2 Å². The third-order valence-corrected chi connectivity index (χ3v) is 2.46. The van der Waals surface area contributed by atoms with Crippen LogP contribution in [0.25, 0.3) is 0 Å². The quantitative estimate of drug-likeness (QED) is 0.532. The maximum Gasteiger partial charge on any atom is 0.344 e. The number of benzene rings is 1. The number of nitrogens with one attached hydrogen (secondary N) is 1. The van der Waals surface area contributed by atoms with Crippen molar-refractivity contribution >= 4 is 23.6 Å². The molecule has 0 aliphatic heterocycles. The maximum absolute atomic E-state index is 12.1. The van der Waals surface area contributed by atoms with Gasteiger partial charge in [0.2, 0.25) is 0 Å². The van der Waals surface area contributed by atoms with Gasteiger partial charge in [0.1, 0.15) is 11.3 Å². The number of carbonyl (C=O) groups excluding carboxylic acids is 3. The van der Waals surface area contributed by atoms with E-state index in [1.807, 2.05) is 5.32 Å². The highest BCUT2D eigenvalue weighted by atomic mass is 16.5. The van der Waals surface area contributed by atoms with Crippen molar-refractivity contribution in [1.29, 1.82) is 0 Å². The Hall–Kier alpha value is -2.77. The van der Waals surface area contributed by atoms with Crippen molar-refractivity contribution in [3.05, 3.63) is 23.8 Å². The minimum atomic E-state index is -1.21. The molecule has 0 radical (unpaired) electrons. The molecule has 1 atom stereocenters. The number of anilines is 1. The predicted octanol–water partition coefficient (Wildman–Crippen LogP) is 0.408. The molecule has 0 aliphatic carbocycles. The van der Waals surface area contributed by atoms with Crippen LogP contribution in [-0.2, 0) is 9.53 Å². The molecule has 1 rings (SSSR count). The maximum atomic E-state index is 12.1. The number of ether oxygens (including phenoxy) is 2. The van der Waals surface area contributed by atoms with E-state index in [4.69, 9.17) is 20.9 Å². The number of hydrogen-bond acceptors (Lipinski definition) is 6. The van der Waals surface area contributed by atoms with Crippen molar-refractivity contribution < 1.29 is 23.9 Å². The van der Waals surface area contributed by atoms with Crippen LogP contribution >= 0.6 is 0 Å². The highest BCUT2D eigenvalue weighted by Crippen LogP contribution is 2.25. The fourth-order valence-electron chi connectivity index (χ4n) is 1.54. The number of nitrogen functional groups attached to an aromatic ring is 1. The van der Waals surface area contributed by atoms with Gasteiger partial charge < -0.3 is 20.9 Å². The van der Waals surface area contributed by atoms with Crippen molar-refractivity contribution in [2.45, 2.75) is 20.0 Å². The molecule has 1 aromatic carbocycles. The van der Waals surface area contributed by atoms with Crippen molar-refractivity contribution in [1.82, 2.24) is 5.32 Å². The molecule has 0 aromatic heterocycles. The molecule has 0 aliphatic rings. The molecule has 0 bridgehead atoms. The van der Waals surface area contributed by atoms with E-state index in [0.29, 0.717) is 6.61 Å². The molecule has 114 valence electrons. The molecular formula is C13H17N3O5. The molecule has 1 unspecified atom stereocenters. The molecule has 5 N–H and O–H groups in total. The lowest BCUT2D eigenvalue weighted by molar-refractivity contribution is -0.127. The van der Waals surface area contributed by atoms with Gasteiger partial charge in [-0.1, -0.05) is 6.07 Å². The zero-order chi connectivity index (χ0) is 16.0. The van der Waals surface area contributed by atoms with Gasteiger partial charge in [0.15, 0.2) is 6.10 Å². The molecule has 0 saturated carbocycles. The summed E-state index contributed by atoms with van der Waals surface area (Å²) in [6.07, 6.45) is -1.21. The average molecular weight is 295 g/mol. The first kappa shape index (κ1) is 16.3. The second-order valence-corrected chi connectivity index (χ2v) is 4.05. The van der Waals surface area contributed by atoms with E-state index in [-0.39, 0.29) is 17.0 Å². The molecule has 0 fully saturated rings. The molecule has 0 spiro atoms. The first-order valence-corrected chi connectivity index (χ1v) is 6.19. The first-order valence-electron chi connectivity index (χ1n) is 6.19. The Morgan fingerprint density at radius 1 is 1.33 bits per heavy atom. The van der Waals surface area contributed by atoms with Gasteiger partial charge in [-0.3, -0.25) is 10.1 Å². The number of carbonyl (C=O) groups is 3. The molecule has 0 saturated heterocycles. The normalized spacial score (nSPS) is 11.3. The van der Waals surface area contributed by atoms with Crippen molar-refractivity contribution in [3.8, 4) is 5.75 Å². The first-order chi connectivity index (χ1) is 9.86. The molecule has 8 heteroatoms. The molecule has 3 amide bonds. The van der Waals surface area contributed by atoms with E-state index in [2.05, 4.69) is 0 Å². The van der Waals surface area contributed by atoms with E-state index in [0.717, 1.165) is 0 Å². The van der Waals surface area contributed by atoms with E-state index in [1.165, 1.54) is 13.0 Å². The third-order valence-electron chi connectivity index (χ3n) is 2.46. The highest BCUT2D eigenvalue weighted by Gasteiger charge is 2.23. The van der Waals surface area contributed by atoms with Gasteiger partial charge in [0, 0.05) is 5.69 Å². The van der Waals surface area contributed by atoms with E-state index < -0.39 is 24.0 Å². The van der Waals surface area contributed by atoms with Crippen LogP contribution < -0.4 is 21.5 Å². The van der Waals surface area contributed by atoms with E-state index in [9.17, 15) is 14.4 Å². The SMILES string of the molecule is CCOc1cccc(N)c1C(=O)OC(C)C(=O)NC(N)=O. The second-order valence-electron chi connectivity index (χ2n) is 4.05. The second kappa shape index (κ2) is 7.13. The smallest absolute Gasteiger partial charge is 0.344 e. The Kier molecular flexibility index (Phi) is 5.53. The monoisotopic (exact) mass is 295 g/mol. The van der Waals surface area contributed by atoms with Crippen LogP contribution in [0.5, 0.6) is 5.75 Å². The number of esters is 1. The van der Waals surface area contributed by atoms with Gasteiger partial charge in [-0.05, 0) is 26.0 Å². The summed E-state index contributed by atoms with van der Waals surface area (Å²) in [5.41, 5.74) is 10.7. The lowest BCUT2D eigenvalue weighted by Crippen LogP contribution is -2.42. The molecular weight excluding hydrogens is 278 g/mol. The highest BCUT2D eigenvalue weighted by molar-refractivity contribution is 6.01. The number of urea groups is 1. The molecule has 8 nitrogen and oxygen atoms in total. The zero-order valence-electron chi connectivity index (χ0n) is 11.7. The third kappa shape index (κ3) is 4.37. The summed E-state index contributed by atoms with van der Waals surface area (Å²) in [6.45, 7) is 3.39. The summed E-state index contributed by atoms with van der Waals surface area (Å²) in [5, 5.41) is 1.81.